The van der Waals surface area contributed by atoms with Crippen molar-refractivity contribution in [3.8, 4) is 5.75 Å². The zero-order valence-corrected chi connectivity index (χ0v) is 20.1. The third-order valence-corrected chi connectivity index (χ3v) is 7.08. The second-order valence-electron chi connectivity index (χ2n) is 7.75. The van der Waals surface area contributed by atoms with Crippen LogP contribution in [0.1, 0.15) is 43.3 Å². The number of carbonyl (C=O) groups is 1. The number of aryl methyl sites for hydroxylation is 1. The van der Waals surface area contributed by atoms with Crippen molar-refractivity contribution in [2.24, 2.45) is 0 Å². The Labute approximate surface area is 188 Å². The maximum absolute atomic E-state index is 13.5. The van der Waals surface area contributed by atoms with E-state index in [1.165, 1.54) is 11.3 Å². The highest BCUT2D eigenvalue weighted by atomic mass is 32.1. The van der Waals surface area contributed by atoms with Crippen LogP contribution in [0.5, 0.6) is 5.75 Å². The Hall–Kier alpha value is -2.38. The maximum atomic E-state index is 13.5. The van der Waals surface area contributed by atoms with Gasteiger partial charge in [-0.25, -0.2) is 0 Å². The summed E-state index contributed by atoms with van der Waals surface area (Å²) in [6.45, 7) is 10.3. The average molecular weight is 444 g/mol. The van der Waals surface area contributed by atoms with E-state index in [2.05, 4.69) is 25.7 Å². The number of likely N-dealkylation sites (N-methyl/N-ethyl adjacent to an activating group) is 2. The number of hydrogen-bond acceptors (Lipinski definition) is 5. The molecule has 0 unspecified atom stereocenters. The predicted molar refractivity (Wildman–Crippen MR) is 130 cm³/mol. The van der Waals surface area contributed by atoms with E-state index in [9.17, 15) is 9.59 Å². The Kier molecular flexibility index (Phi) is 7.73. The van der Waals surface area contributed by atoms with Crippen molar-refractivity contribution in [1.82, 2.24) is 14.4 Å². The number of rotatable bonds is 10. The first-order chi connectivity index (χ1) is 15.0. The molecule has 0 bridgehead atoms. The van der Waals surface area contributed by atoms with Crippen LogP contribution < -0.4 is 10.3 Å². The molecule has 0 spiro atoms. The van der Waals surface area contributed by atoms with Crippen LogP contribution in [0.3, 0.4) is 0 Å². The lowest BCUT2D eigenvalue weighted by atomic mass is 10.1. The van der Waals surface area contributed by atoms with E-state index >= 15 is 0 Å². The van der Waals surface area contributed by atoms with Gasteiger partial charge in [0.25, 0.3) is 11.5 Å². The molecule has 7 heteroatoms. The second kappa shape index (κ2) is 10.3. The molecule has 3 aromatic rings. The number of ether oxygens (including phenoxy) is 1. The third kappa shape index (κ3) is 4.48. The number of benzene rings is 1. The second-order valence-corrected chi connectivity index (χ2v) is 8.77. The molecule has 0 aliphatic carbocycles. The summed E-state index contributed by atoms with van der Waals surface area (Å²) in [5.41, 5.74) is 0.825. The van der Waals surface area contributed by atoms with Crippen LogP contribution in [0.2, 0.25) is 0 Å². The van der Waals surface area contributed by atoms with Crippen molar-refractivity contribution in [3.63, 3.8) is 0 Å². The van der Waals surface area contributed by atoms with Gasteiger partial charge in [-0.1, -0.05) is 45.4 Å². The van der Waals surface area contributed by atoms with Gasteiger partial charge in [0, 0.05) is 32.1 Å². The summed E-state index contributed by atoms with van der Waals surface area (Å²) < 4.78 is 8.32. The summed E-state index contributed by atoms with van der Waals surface area (Å²) in [6.07, 6.45) is 1.92. The molecule has 6 nitrogen and oxygen atoms in total. The Bertz CT molecular complexity index is 1110. The number of hydrogen-bond donors (Lipinski definition) is 0. The third-order valence-electron chi connectivity index (χ3n) is 5.89. The van der Waals surface area contributed by atoms with E-state index in [1.54, 1.807) is 12.0 Å². The van der Waals surface area contributed by atoms with Gasteiger partial charge in [0.15, 0.2) is 5.75 Å². The molecule has 2 aromatic heterocycles. The number of nitrogens with zero attached hydrogens (tertiary/aromatic N) is 3. The summed E-state index contributed by atoms with van der Waals surface area (Å²) in [6, 6.07) is 7.93. The summed E-state index contributed by atoms with van der Waals surface area (Å²) in [5, 5.41) is 1.50. The fourth-order valence-corrected chi connectivity index (χ4v) is 5.22. The highest BCUT2D eigenvalue weighted by Gasteiger charge is 2.26. The number of carbonyl (C=O) groups excluding carboxylic acids is 1. The molecule has 1 amide bonds. The first-order valence-electron chi connectivity index (χ1n) is 11.1. The lowest BCUT2D eigenvalue weighted by molar-refractivity contribution is 0.0781. The highest BCUT2D eigenvalue weighted by molar-refractivity contribution is 7.22. The summed E-state index contributed by atoms with van der Waals surface area (Å²) in [7, 11) is 3.35. The molecular weight excluding hydrogens is 410 g/mol. The molecule has 0 atom stereocenters. The Balaban J connectivity index is 2.12. The van der Waals surface area contributed by atoms with E-state index in [-0.39, 0.29) is 11.5 Å². The van der Waals surface area contributed by atoms with Gasteiger partial charge in [0.2, 0.25) is 0 Å². The SMILES string of the molecule is CCCCn1c(=O)c2c(OC)c(C(=O)N(C)CCN(CC)CC)sc2c2ccccc21. The van der Waals surface area contributed by atoms with Gasteiger partial charge in [-0.05, 0) is 25.6 Å². The molecule has 0 saturated heterocycles. The number of methoxy groups -OCH3 is 1. The molecule has 0 saturated carbocycles. The predicted octanol–water partition coefficient (Wildman–Crippen LogP) is 4.44. The van der Waals surface area contributed by atoms with Gasteiger partial charge < -0.3 is 19.1 Å². The topological polar surface area (TPSA) is 54.8 Å². The summed E-state index contributed by atoms with van der Waals surface area (Å²) >= 11 is 1.36. The van der Waals surface area contributed by atoms with Gasteiger partial charge in [0.1, 0.15) is 10.3 Å². The summed E-state index contributed by atoms with van der Waals surface area (Å²) in [4.78, 5) is 31.3. The van der Waals surface area contributed by atoms with Gasteiger partial charge >= 0.3 is 0 Å². The lowest BCUT2D eigenvalue weighted by Gasteiger charge is -2.23. The average Bonchev–Trinajstić information content (AvgIpc) is 3.19. The minimum Gasteiger partial charge on any atom is -0.494 e. The fraction of sp³-hybridized carbons (Fsp3) is 0.500. The van der Waals surface area contributed by atoms with E-state index in [4.69, 9.17) is 4.74 Å². The van der Waals surface area contributed by atoms with Crippen LogP contribution >= 0.6 is 11.3 Å². The minimum absolute atomic E-state index is 0.0832. The van der Waals surface area contributed by atoms with Crippen molar-refractivity contribution < 1.29 is 9.53 Å². The normalized spacial score (nSPS) is 11.5. The summed E-state index contributed by atoms with van der Waals surface area (Å²) in [5.74, 6) is 0.300. The quantitative estimate of drug-likeness (QED) is 0.465. The van der Waals surface area contributed by atoms with Crippen molar-refractivity contribution in [3.05, 3.63) is 39.5 Å². The standard InChI is InChI=1S/C24H33N3O3S/c1-6-9-14-27-18-13-11-10-12-17(18)21-19(23(27)28)20(30-5)22(31-21)24(29)25(4)15-16-26(7-2)8-3/h10-13H,6-9,14-16H2,1-5H3. The number of aromatic nitrogens is 1. The number of amides is 1. The molecule has 0 radical (unpaired) electrons. The number of unbranched alkanes of at least 4 members (excludes halogenated alkanes) is 1. The molecule has 2 heterocycles. The number of thiophene rings is 1. The Morgan fingerprint density at radius 3 is 2.48 bits per heavy atom. The van der Waals surface area contributed by atoms with Gasteiger partial charge in [0.05, 0.1) is 17.3 Å². The molecule has 0 fully saturated rings. The number of para-hydroxylation sites is 1. The zero-order valence-electron chi connectivity index (χ0n) is 19.2. The first-order valence-corrected chi connectivity index (χ1v) is 11.9. The largest absolute Gasteiger partial charge is 0.494 e. The van der Waals surface area contributed by atoms with Crippen molar-refractivity contribution in [2.45, 2.75) is 40.2 Å². The van der Waals surface area contributed by atoms with Crippen LogP contribution in [-0.4, -0.2) is 60.6 Å². The van der Waals surface area contributed by atoms with Crippen molar-refractivity contribution >= 4 is 38.2 Å². The molecule has 168 valence electrons. The monoisotopic (exact) mass is 443 g/mol. The van der Waals surface area contributed by atoms with Crippen molar-refractivity contribution in [2.75, 3.05) is 40.3 Å². The molecule has 0 aliphatic heterocycles. The van der Waals surface area contributed by atoms with Gasteiger partial charge in [-0.15, -0.1) is 11.3 Å². The zero-order chi connectivity index (χ0) is 22.5. The number of fused-ring (bicyclic) bond motifs is 3. The maximum Gasteiger partial charge on any atom is 0.267 e. The van der Waals surface area contributed by atoms with Crippen LogP contribution in [0, 0.1) is 0 Å². The van der Waals surface area contributed by atoms with Crippen LogP contribution in [0.4, 0.5) is 0 Å². The Morgan fingerprint density at radius 2 is 1.84 bits per heavy atom. The smallest absolute Gasteiger partial charge is 0.267 e. The highest BCUT2D eigenvalue weighted by Crippen LogP contribution is 2.40. The molecule has 31 heavy (non-hydrogen) atoms. The molecular formula is C24H33N3O3S. The van der Waals surface area contributed by atoms with E-state index in [0.717, 1.165) is 48.1 Å². The minimum atomic E-state index is -0.103. The van der Waals surface area contributed by atoms with Crippen LogP contribution in [0.15, 0.2) is 29.1 Å². The lowest BCUT2D eigenvalue weighted by Crippen LogP contribution is -2.36. The van der Waals surface area contributed by atoms with Gasteiger partial charge in [-0.3, -0.25) is 9.59 Å². The molecule has 0 N–H and O–H groups in total. The van der Waals surface area contributed by atoms with Crippen LogP contribution in [-0.2, 0) is 6.54 Å². The Morgan fingerprint density at radius 1 is 1.13 bits per heavy atom. The first kappa shape index (κ1) is 23.3. The fourth-order valence-electron chi connectivity index (χ4n) is 3.93. The van der Waals surface area contributed by atoms with E-state index in [1.807, 2.05) is 35.9 Å². The van der Waals surface area contributed by atoms with Crippen molar-refractivity contribution in [1.29, 1.82) is 0 Å². The van der Waals surface area contributed by atoms with Gasteiger partial charge in [-0.2, -0.15) is 0 Å². The molecule has 1 aromatic carbocycles. The van der Waals surface area contributed by atoms with E-state index < -0.39 is 0 Å². The molecule has 0 aliphatic rings. The van der Waals surface area contributed by atoms with Crippen LogP contribution in [0.25, 0.3) is 21.0 Å². The molecule has 3 rings (SSSR count). The van der Waals surface area contributed by atoms with E-state index in [0.29, 0.717) is 29.1 Å². The number of pyridine rings is 1.